The van der Waals surface area contributed by atoms with Crippen molar-refractivity contribution in [3.05, 3.63) is 64.7 Å². The van der Waals surface area contributed by atoms with Gasteiger partial charge in [0.1, 0.15) is 0 Å². The zero-order valence-corrected chi connectivity index (χ0v) is 23.2. The maximum Gasteiger partial charge on any atom is 0.320 e. The summed E-state index contributed by atoms with van der Waals surface area (Å²) in [6.45, 7) is 7.49. The SMILES string of the molecule is CCCCCCCCOC(=O)CN1CCc2ccc(NC(=O)c3ccc(/C=N/N4CCOCC4)cc3)cc2C1. The van der Waals surface area contributed by atoms with Crippen LogP contribution in [-0.4, -0.2) is 74.0 Å². The number of anilines is 1. The molecule has 0 aliphatic carbocycles. The van der Waals surface area contributed by atoms with Gasteiger partial charge in [-0.25, -0.2) is 0 Å². The average molecular weight is 535 g/mol. The normalized spacial score (nSPS) is 15.8. The van der Waals surface area contributed by atoms with Crippen molar-refractivity contribution < 1.29 is 19.1 Å². The largest absolute Gasteiger partial charge is 0.465 e. The van der Waals surface area contributed by atoms with Crippen molar-refractivity contribution in [2.75, 3.05) is 51.3 Å². The molecule has 39 heavy (non-hydrogen) atoms. The van der Waals surface area contributed by atoms with Crippen molar-refractivity contribution >= 4 is 23.8 Å². The van der Waals surface area contributed by atoms with E-state index in [1.54, 1.807) is 0 Å². The minimum Gasteiger partial charge on any atom is -0.465 e. The fraction of sp³-hybridized carbons (Fsp3) is 0.516. The number of ether oxygens (including phenoxy) is 2. The molecule has 2 aromatic rings. The fourth-order valence-electron chi connectivity index (χ4n) is 4.87. The highest BCUT2D eigenvalue weighted by Gasteiger charge is 2.20. The third-order valence-electron chi connectivity index (χ3n) is 7.20. The lowest BCUT2D eigenvalue weighted by atomic mass is 9.99. The Morgan fingerprint density at radius 1 is 0.974 bits per heavy atom. The minimum atomic E-state index is -0.157. The van der Waals surface area contributed by atoms with Gasteiger partial charge in [-0.05, 0) is 53.8 Å². The zero-order valence-electron chi connectivity index (χ0n) is 23.2. The maximum absolute atomic E-state index is 12.9. The van der Waals surface area contributed by atoms with E-state index in [2.05, 4.69) is 28.3 Å². The number of carbonyl (C=O) groups is 2. The number of amides is 1. The summed E-state index contributed by atoms with van der Waals surface area (Å²) in [6, 6.07) is 13.5. The first-order chi connectivity index (χ1) is 19.1. The summed E-state index contributed by atoms with van der Waals surface area (Å²) in [7, 11) is 0. The number of nitrogens with zero attached hydrogens (tertiary/aromatic N) is 3. The second kappa shape index (κ2) is 15.4. The highest BCUT2D eigenvalue weighted by atomic mass is 16.5. The molecule has 8 heteroatoms. The van der Waals surface area contributed by atoms with Crippen LogP contribution in [0.25, 0.3) is 0 Å². The van der Waals surface area contributed by atoms with Gasteiger partial charge in [0.2, 0.25) is 0 Å². The van der Waals surface area contributed by atoms with Gasteiger partial charge in [0.25, 0.3) is 5.91 Å². The lowest BCUT2D eigenvalue weighted by Crippen LogP contribution is -2.35. The van der Waals surface area contributed by atoms with Crippen LogP contribution >= 0.6 is 0 Å². The molecule has 8 nitrogen and oxygen atoms in total. The first kappa shape index (κ1) is 28.8. The number of carbonyl (C=O) groups excluding carboxylic acids is 2. The van der Waals surface area contributed by atoms with Crippen LogP contribution in [0.5, 0.6) is 0 Å². The highest BCUT2D eigenvalue weighted by Crippen LogP contribution is 2.23. The van der Waals surface area contributed by atoms with Crippen LogP contribution < -0.4 is 5.32 Å². The van der Waals surface area contributed by atoms with E-state index in [0.29, 0.717) is 38.5 Å². The lowest BCUT2D eigenvalue weighted by Gasteiger charge is -2.28. The second-order valence-electron chi connectivity index (χ2n) is 10.3. The number of hydrogen-bond donors (Lipinski definition) is 1. The monoisotopic (exact) mass is 534 g/mol. The van der Waals surface area contributed by atoms with Gasteiger partial charge in [0.15, 0.2) is 0 Å². The lowest BCUT2D eigenvalue weighted by molar-refractivity contribution is -0.145. The van der Waals surface area contributed by atoms with Crippen molar-refractivity contribution in [2.24, 2.45) is 5.10 Å². The molecule has 4 rings (SSSR count). The number of nitrogens with one attached hydrogen (secondary N) is 1. The zero-order chi connectivity index (χ0) is 27.3. The summed E-state index contributed by atoms with van der Waals surface area (Å²) in [5, 5.41) is 9.49. The van der Waals surface area contributed by atoms with Gasteiger partial charge in [-0.1, -0.05) is 57.2 Å². The van der Waals surface area contributed by atoms with Crippen molar-refractivity contribution in [1.29, 1.82) is 0 Å². The molecule has 2 aliphatic rings. The van der Waals surface area contributed by atoms with Gasteiger partial charge in [-0.2, -0.15) is 5.10 Å². The van der Waals surface area contributed by atoms with Crippen LogP contribution in [0.2, 0.25) is 0 Å². The third kappa shape index (κ3) is 9.48. The minimum absolute atomic E-state index is 0.155. The van der Waals surface area contributed by atoms with E-state index in [1.807, 2.05) is 47.6 Å². The molecular formula is C31H42N4O4. The number of unbranched alkanes of at least 4 members (excludes halogenated alkanes) is 5. The van der Waals surface area contributed by atoms with E-state index in [4.69, 9.17) is 9.47 Å². The first-order valence-electron chi connectivity index (χ1n) is 14.4. The van der Waals surface area contributed by atoms with Gasteiger partial charge in [-0.3, -0.25) is 19.5 Å². The van der Waals surface area contributed by atoms with Crippen molar-refractivity contribution in [1.82, 2.24) is 9.91 Å². The molecule has 210 valence electrons. The van der Waals surface area contributed by atoms with E-state index in [9.17, 15) is 9.59 Å². The Hall–Kier alpha value is -3.23. The molecule has 0 radical (unpaired) electrons. The number of morpholine rings is 1. The molecule has 0 bridgehead atoms. The molecule has 0 spiro atoms. The molecule has 0 atom stereocenters. The molecule has 0 aromatic heterocycles. The quantitative estimate of drug-likeness (QED) is 0.224. The van der Waals surface area contributed by atoms with Crippen LogP contribution in [0.4, 0.5) is 5.69 Å². The van der Waals surface area contributed by atoms with Crippen molar-refractivity contribution in [3.8, 4) is 0 Å². The van der Waals surface area contributed by atoms with Crippen molar-refractivity contribution in [2.45, 2.75) is 58.4 Å². The molecular weight excluding hydrogens is 492 g/mol. The fourth-order valence-corrected chi connectivity index (χ4v) is 4.87. The van der Waals surface area contributed by atoms with Gasteiger partial charge in [-0.15, -0.1) is 0 Å². The Kier molecular flexibility index (Phi) is 11.3. The smallest absolute Gasteiger partial charge is 0.320 e. The van der Waals surface area contributed by atoms with E-state index >= 15 is 0 Å². The molecule has 2 aromatic carbocycles. The maximum atomic E-state index is 12.9. The van der Waals surface area contributed by atoms with Crippen LogP contribution in [0.15, 0.2) is 47.6 Å². The molecule has 0 saturated carbocycles. The number of hydrazone groups is 1. The Balaban J connectivity index is 1.23. The van der Waals surface area contributed by atoms with Crippen LogP contribution in [0.3, 0.4) is 0 Å². The van der Waals surface area contributed by atoms with Gasteiger partial charge >= 0.3 is 5.97 Å². The number of esters is 1. The molecule has 1 saturated heterocycles. The summed E-state index contributed by atoms with van der Waals surface area (Å²) in [4.78, 5) is 27.3. The molecule has 1 amide bonds. The third-order valence-corrected chi connectivity index (χ3v) is 7.20. The van der Waals surface area contributed by atoms with Crippen LogP contribution in [-0.2, 0) is 27.2 Å². The van der Waals surface area contributed by atoms with Crippen LogP contribution in [0.1, 0.15) is 72.5 Å². The van der Waals surface area contributed by atoms with Gasteiger partial charge < -0.3 is 14.8 Å². The Morgan fingerprint density at radius 2 is 1.74 bits per heavy atom. The Bertz CT molecular complexity index is 1100. The predicted octanol–water partition coefficient (Wildman–Crippen LogP) is 4.87. The first-order valence-corrected chi connectivity index (χ1v) is 14.4. The topological polar surface area (TPSA) is 83.5 Å². The highest BCUT2D eigenvalue weighted by molar-refractivity contribution is 6.04. The molecule has 1 fully saturated rings. The molecule has 0 unspecified atom stereocenters. The standard InChI is InChI=1S/C31H42N4O4/c1-2-3-4-5-6-7-18-39-30(36)24-34-15-14-26-12-13-29(21-28(26)23-34)33-31(37)27-10-8-25(9-11-27)22-32-35-16-19-38-20-17-35/h8-13,21-22H,2-7,14-20,23-24H2,1H3,(H,33,37)/b32-22+. The summed E-state index contributed by atoms with van der Waals surface area (Å²) >= 11 is 0. The van der Waals surface area contributed by atoms with Gasteiger partial charge in [0.05, 0.1) is 45.7 Å². The summed E-state index contributed by atoms with van der Waals surface area (Å²) in [5.74, 6) is -0.313. The molecule has 1 N–H and O–H groups in total. The number of rotatable bonds is 13. The summed E-state index contributed by atoms with van der Waals surface area (Å²) in [6.07, 6.45) is 9.73. The molecule has 2 aliphatic heterocycles. The van der Waals surface area contributed by atoms with Gasteiger partial charge in [0, 0.05) is 24.3 Å². The second-order valence-corrected chi connectivity index (χ2v) is 10.3. The van der Waals surface area contributed by atoms with E-state index in [-0.39, 0.29) is 11.9 Å². The van der Waals surface area contributed by atoms with Crippen LogP contribution in [0, 0.1) is 0 Å². The van der Waals surface area contributed by atoms with Crippen molar-refractivity contribution in [3.63, 3.8) is 0 Å². The van der Waals surface area contributed by atoms with E-state index in [0.717, 1.165) is 55.7 Å². The Morgan fingerprint density at radius 3 is 2.54 bits per heavy atom. The summed E-state index contributed by atoms with van der Waals surface area (Å²) in [5.41, 5.74) is 4.68. The predicted molar refractivity (Wildman–Crippen MR) is 154 cm³/mol. The number of benzene rings is 2. The van der Waals surface area contributed by atoms with E-state index in [1.165, 1.54) is 31.2 Å². The Labute approximate surface area is 232 Å². The number of hydrogen-bond acceptors (Lipinski definition) is 7. The number of fused-ring (bicyclic) bond motifs is 1. The van der Waals surface area contributed by atoms with E-state index < -0.39 is 0 Å². The molecule has 2 heterocycles. The summed E-state index contributed by atoms with van der Waals surface area (Å²) < 4.78 is 10.8. The average Bonchev–Trinajstić information content (AvgIpc) is 2.96.